The fourth-order valence-corrected chi connectivity index (χ4v) is 1.87. The van der Waals surface area contributed by atoms with Crippen LogP contribution in [0.3, 0.4) is 0 Å². The van der Waals surface area contributed by atoms with Crippen LogP contribution in [-0.4, -0.2) is 4.92 Å². The number of nitrogens with two attached hydrogens (primary N) is 1. The van der Waals surface area contributed by atoms with Crippen molar-refractivity contribution < 1.29 is 9.66 Å². The smallest absolute Gasteiger partial charge is 0.292 e. The molecule has 0 aliphatic heterocycles. The summed E-state index contributed by atoms with van der Waals surface area (Å²) in [5, 5.41) is 10.8. The third-order valence-corrected chi connectivity index (χ3v) is 3.10. The Morgan fingerprint density at radius 3 is 2.50 bits per heavy atom. The van der Waals surface area contributed by atoms with E-state index >= 15 is 0 Å². The Bertz CT molecular complexity index is 609. The SMILES string of the molecule is CCc1ccc(OCc2cccc([N+](=O)[O-])c2N)cc1. The summed E-state index contributed by atoms with van der Waals surface area (Å²) in [5.74, 6) is 0.716. The summed E-state index contributed by atoms with van der Waals surface area (Å²) in [6, 6.07) is 12.5. The molecular weight excluding hydrogens is 256 g/mol. The molecule has 0 heterocycles. The summed E-state index contributed by atoms with van der Waals surface area (Å²) in [7, 11) is 0. The molecule has 0 aliphatic rings. The topological polar surface area (TPSA) is 78.4 Å². The number of hydrogen-bond acceptors (Lipinski definition) is 4. The van der Waals surface area contributed by atoms with E-state index in [9.17, 15) is 10.1 Å². The quantitative estimate of drug-likeness (QED) is 0.514. The molecule has 104 valence electrons. The van der Waals surface area contributed by atoms with E-state index in [1.54, 1.807) is 12.1 Å². The van der Waals surface area contributed by atoms with Gasteiger partial charge in [0, 0.05) is 11.6 Å². The zero-order valence-electron chi connectivity index (χ0n) is 11.2. The van der Waals surface area contributed by atoms with Gasteiger partial charge in [-0.25, -0.2) is 0 Å². The highest BCUT2D eigenvalue weighted by Crippen LogP contribution is 2.26. The van der Waals surface area contributed by atoms with E-state index in [1.165, 1.54) is 11.6 Å². The van der Waals surface area contributed by atoms with Crippen molar-refractivity contribution in [3.8, 4) is 5.75 Å². The first-order valence-electron chi connectivity index (χ1n) is 6.35. The minimum atomic E-state index is -0.491. The molecule has 0 atom stereocenters. The molecule has 2 N–H and O–H groups in total. The van der Waals surface area contributed by atoms with E-state index in [1.807, 2.05) is 24.3 Å². The van der Waals surface area contributed by atoms with Gasteiger partial charge < -0.3 is 10.5 Å². The highest BCUT2D eigenvalue weighted by Gasteiger charge is 2.14. The molecule has 0 spiro atoms. The Balaban J connectivity index is 2.10. The maximum absolute atomic E-state index is 10.8. The summed E-state index contributed by atoms with van der Waals surface area (Å²) in [5.41, 5.74) is 7.68. The van der Waals surface area contributed by atoms with Crippen LogP contribution in [0.25, 0.3) is 0 Å². The Morgan fingerprint density at radius 1 is 1.20 bits per heavy atom. The van der Waals surface area contributed by atoms with Gasteiger partial charge >= 0.3 is 0 Å². The number of ether oxygens (including phenoxy) is 1. The van der Waals surface area contributed by atoms with Gasteiger partial charge in [-0.1, -0.05) is 31.2 Å². The Morgan fingerprint density at radius 2 is 1.90 bits per heavy atom. The van der Waals surface area contributed by atoms with Gasteiger partial charge in [0.25, 0.3) is 5.69 Å². The lowest BCUT2D eigenvalue weighted by molar-refractivity contribution is -0.384. The van der Waals surface area contributed by atoms with Crippen LogP contribution >= 0.6 is 0 Å². The molecule has 0 saturated carbocycles. The van der Waals surface area contributed by atoms with E-state index < -0.39 is 4.92 Å². The molecule has 0 saturated heterocycles. The molecule has 0 amide bonds. The molecule has 20 heavy (non-hydrogen) atoms. The minimum absolute atomic E-state index is 0.0903. The molecular formula is C15H16N2O3. The van der Waals surface area contributed by atoms with Gasteiger partial charge in [-0.15, -0.1) is 0 Å². The second kappa shape index (κ2) is 6.06. The predicted molar refractivity (Wildman–Crippen MR) is 77.7 cm³/mol. The highest BCUT2D eigenvalue weighted by molar-refractivity contribution is 5.62. The third-order valence-electron chi connectivity index (χ3n) is 3.10. The van der Waals surface area contributed by atoms with Gasteiger partial charge in [-0.2, -0.15) is 0 Å². The Hall–Kier alpha value is -2.56. The van der Waals surface area contributed by atoms with Crippen LogP contribution in [-0.2, 0) is 13.0 Å². The molecule has 2 aromatic carbocycles. The molecule has 0 aromatic heterocycles. The van der Waals surface area contributed by atoms with Crippen LogP contribution in [0.15, 0.2) is 42.5 Å². The first-order valence-corrected chi connectivity index (χ1v) is 6.35. The van der Waals surface area contributed by atoms with Crippen molar-refractivity contribution in [3.63, 3.8) is 0 Å². The van der Waals surface area contributed by atoms with Crippen LogP contribution < -0.4 is 10.5 Å². The van der Waals surface area contributed by atoms with Crippen molar-refractivity contribution in [2.75, 3.05) is 5.73 Å². The summed E-state index contributed by atoms with van der Waals surface area (Å²) in [6.07, 6.45) is 0.970. The van der Waals surface area contributed by atoms with E-state index in [-0.39, 0.29) is 18.0 Å². The molecule has 0 aliphatic carbocycles. The average molecular weight is 272 g/mol. The number of nitro groups is 1. The van der Waals surface area contributed by atoms with Crippen molar-refractivity contribution in [1.29, 1.82) is 0 Å². The van der Waals surface area contributed by atoms with Crippen LogP contribution in [0.4, 0.5) is 11.4 Å². The van der Waals surface area contributed by atoms with Crippen molar-refractivity contribution in [3.05, 3.63) is 63.7 Å². The van der Waals surface area contributed by atoms with E-state index in [0.717, 1.165) is 6.42 Å². The number of anilines is 1. The second-order valence-electron chi connectivity index (χ2n) is 4.39. The maximum atomic E-state index is 10.8. The molecule has 0 unspecified atom stereocenters. The molecule has 5 heteroatoms. The maximum Gasteiger partial charge on any atom is 0.292 e. The fourth-order valence-electron chi connectivity index (χ4n) is 1.87. The summed E-state index contributed by atoms with van der Waals surface area (Å²) < 4.78 is 5.60. The lowest BCUT2D eigenvalue weighted by Gasteiger charge is -2.09. The zero-order valence-corrected chi connectivity index (χ0v) is 11.2. The predicted octanol–water partition coefficient (Wildman–Crippen LogP) is 3.32. The largest absolute Gasteiger partial charge is 0.489 e. The van der Waals surface area contributed by atoms with Gasteiger partial charge in [0.2, 0.25) is 0 Å². The Labute approximate surface area is 117 Å². The monoisotopic (exact) mass is 272 g/mol. The van der Waals surface area contributed by atoms with Crippen molar-refractivity contribution >= 4 is 11.4 Å². The Kier molecular flexibility index (Phi) is 4.20. The lowest BCUT2D eigenvalue weighted by atomic mass is 10.1. The number of benzene rings is 2. The number of hydrogen-bond donors (Lipinski definition) is 1. The third kappa shape index (κ3) is 3.06. The van der Waals surface area contributed by atoms with Crippen molar-refractivity contribution in [2.24, 2.45) is 0 Å². The van der Waals surface area contributed by atoms with Crippen LogP contribution in [0.5, 0.6) is 5.75 Å². The summed E-state index contributed by atoms with van der Waals surface area (Å²) in [6.45, 7) is 2.29. The van der Waals surface area contributed by atoms with E-state index in [0.29, 0.717) is 11.3 Å². The van der Waals surface area contributed by atoms with Gasteiger partial charge in [-0.3, -0.25) is 10.1 Å². The van der Waals surface area contributed by atoms with Gasteiger partial charge in [0.05, 0.1) is 4.92 Å². The van der Waals surface area contributed by atoms with Crippen molar-refractivity contribution in [1.82, 2.24) is 0 Å². The fraction of sp³-hybridized carbons (Fsp3) is 0.200. The van der Waals surface area contributed by atoms with Crippen molar-refractivity contribution in [2.45, 2.75) is 20.0 Å². The number of nitrogens with zero attached hydrogens (tertiary/aromatic N) is 1. The first kappa shape index (κ1) is 13.9. The van der Waals surface area contributed by atoms with Crippen LogP contribution in [0.2, 0.25) is 0 Å². The summed E-state index contributed by atoms with van der Waals surface area (Å²) in [4.78, 5) is 10.3. The first-order chi connectivity index (χ1) is 9.61. The van der Waals surface area contributed by atoms with Gasteiger partial charge in [0.15, 0.2) is 0 Å². The number of para-hydroxylation sites is 1. The average Bonchev–Trinajstić information content (AvgIpc) is 2.46. The molecule has 2 rings (SSSR count). The van der Waals surface area contributed by atoms with Gasteiger partial charge in [-0.05, 0) is 24.1 Å². The standard InChI is InChI=1S/C15H16N2O3/c1-2-11-6-8-13(9-7-11)20-10-12-4-3-5-14(15(12)16)17(18)19/h3-9H,2,10,16H2,1H3. The number of nitro benzene ring substituents is 1. The van der Waals surface area contributed by atoms with Gasteiger partial charge in [0.1, 0.15) is 18.0 Å². The minimum Gasteiger partial charge on any atom is -0.489 e. The second-order valence-corrected chi connectivity index (χ2v) is 4.39. The van der Waals surface area contributed by atoms with Crippen LogP contribution in [0, 0.1) is 10.1 Å². The molecule has 0 bridgehead atoms. The molecule has 0 radical (unpaired) electrons. The number of nitrogen functional groups attached to an aromatic ring is 1. The van der Waals surface area contributed by atoms with E-state index in [2.05, 4.69) is 6.92 Å². The lowest BCUT2D eigenvalue weighted by Crippen LogP contribution is -2.03. The number of rotatable bonds is 5. The van der Waals surface area contributed by atoms with Crippen LogP contribution in [0.1, 0.15) is 18.1 Å². The summed E-state index contributed by atoms with van der Waals surface area (Å²) >= 11 is 0. The highest BCUT2D eigenvalue weighted by atomic mass is 16.6. The molecule has 2 aromatic rings. The molecule has 0 fully saturated rings. The zero-order chi connectivity index (χ0) is 14.5. The van der Waals surface area contributed by atoms with E-state index in [4.69, 9.17) is 10.5 Å². The number of aryl methyl sites for hydroxylation is 1. The molecule has 5 nitrogen and oxygen atoms in total. The normalized spacial score (nSPS) is 10.2.